The van der Waals surface area contributed by atoms with Crippen LogP contribution in [0.25, 0.3) is 0 Å². The quantitative estimate of drug-likeness (QED) is 0.632. The number of hydrogen-bond acceptors (Lipinski definition) is 2. The highest BCUT2D eigenvalue weighted by Crippen LogP contribution is 2.27. The molecule has 1 saturated heterocycles. The van der Waals surface area contributed by atoms with Crippen LogP contribution in [0.4, 0.5) is 0 Å². The summed E-state index contributed by atoms with van der Waals surface area (Å²) in [4.78, 5) is 2.64. The van der Waals surface area contributed by atoms with Gasteiger partial charge in [-0.25, -0.2) is 0 Å². The standard InChI is InChI=1S/C22H37NS/c1-21(2,3)13-18-7-9-19(10-8-18)14-23-12-11-20(15-23)16-24-17-22(4,5)6/h7-10,20H,11-17H2,1-6H3. The van der Waals surface area contributed by atoms with Crippen molar-refractivity contribution in [2.45, 2.75) is 60.9 Å². The van der Waals surface area contributed by atoms with Gasteiger partial charge in [-0.05, 0) is 58.8 Å². The van der Waals surface area contributed by atoms with Gasteiger partial charge < -0.3 is 0 Å². The van der Waals surface area contributed by atoms with Gasteiger partial charge in [0.15, 0.2) is 0 Å². The molecule has 0 amide bonds. The molecule has 0 N–H and O–H groups in total. The molecule has 1 heterocycles. The van der Waals surface area contributed by atoms with E-state index in [1.807, 2.05) is 0 Å². The maximum absolute atomic E-state index is 2.64. The minimum Gasteiger partial charge on any atom is -0.299 e. The Morgan fingerprint density at radius 2 is 1.58 bits per heavy atom. The van der Waals surface area contributed by atoms with Crippen molar-refractivity contribution >= 4 is 11.8 Å². The smallest absolute Gasteiger partial charge is 0.0233 e. The second-order valence-electron chi connectivity index (χ2n) is 10.0. The zero-order valence-corrected chi connectivity index (χ0v) is 17.5. The molecule has 1 aliphatic heterocycles. The normalized spacial score (nSPS) is 19.8. The van der Waals surface area contributed by atoms with Gasteiger partial charge in [-0.3, -0.25) is 4.90 Å². The zero-order valence-electron chi connectivity index (χ0n) is 16.7. The predicted molar refractivity (Wildman–Crippen MR) is 110 cm³/mol. The van der Waals surface area contributed by atoms with Crippen LogP contribution in [-0.4, -0.2) is 29.5 Å². The Hall–Kier alpha value is -0.470. The maximum atomic E-state index is 2.64. The number of thioether (sulfide) groups is 1. The van der Waals surface area contributed by atoms with Gasteiger partial charge in [0.1, 0.15) is 0 Å². The number of hydrogen-bond donors (Lipinski definition) is 0. The van der Waals surface area contributed by atoms with E-state index in [0.29, 0.717) is 10.8 Å². The van der Waals surface area contributed by atoms with Crippen molar-refractivity contribution in [1.82, 2.24) is 4.90 Å². The average Bonchev–Trinajstić information content (AvgIpc) is 2.85. The van der Waals surface area contributed by atoms with Crippen LogP contribution >= 0.6 is 11.8 Å². The molecular weight excluding hydrogens is 310 g/mol. The van der Waals surface area contributed by atoms with Crippen molar-refractivity contribution in [2.24, 2.45) is 16.7 Å². The first kappa shape index (κ1) is 19.8. The van der Waals surface area contributed by atoms with Gasteiger partial charge in [-0.2, -0.15) is 11.8 Å². The Morgan fingerprint density at radius 1 is 0.958 bits per heavy atom. The van der Waals surface area contributed by atoms with Gasteiger partial charge in [0, 0.05) is 13.1 Å². The van der Waals surface area contributed by atoms with Crippen LogP contribution in [0.1, 0.15) is 59.1 Å². The fourth-order valence-corrected chi connectivity index (χ4v) is 4.69. The Morgan fingerprint density at radius 3 is 2.17 bits per heavy atom. The van der Waals surface area contributed by atoms with E-state index in [1.54, 1.807) is 0 Å². The van der Waals surface area contributed by atoms with Crippen LogP contribution in [0.15, 0.2) is 24.3 Å². The van der Waals surface area contributed by atoms with Crippen molar-refractivity contribution < 1.29 is 0 Å². The van der Waals surface area contributed by atoms with E-state index < -0.39 is 0 Å². The first-order valence-corrected chi connectivity index (χ1v) is 10.6. The van der Waals surface area contributed by atoms with Crippen LogP contribution < -0.4 is 0 Å². The lowest BCUT2D eigenvalue weighted by Gasteiger charge is -2.20. The molecule has 136 valence electrons. The molecule has 2 heteroatoms. The molecule has 0 aromatic heterocycles. The van der Waals surface area contributed by atoms with E-state index >= 15 is 0 Å². The van der Waals surface area contributed by atoms with Gasteiger partial charge >= 0.3 is 0 Å². The molecule has 0 aliphatic carbocycles. The number of nitrogens with zero attached hydrogens (tertiary/aromatic N) is 1. The summed E-state index contributed by atoms with van der Waals surface area (Å²) >= 11 is 2.15. The van der Waals surface area contributed by atoms with Gasteiger partial charge in [-0.15, -0.1) is 0 Å². The summed E-state index contributed by atoms with van der Waals surface area (Å²) in [5, 5.41) is 0. The molecule has 1 aliphatic rings. The molecular formula is C22H37NS. The molecule has 1 nitrogen and oxygen atoms in total. The molecule has 2 rings (SSSR count). The Labute approximate surface area is 154 Å². The van der Waals surface area contributed by atoms with Crippen LogP contribution in [0.2, 0.25) is 0 Å². The van der Waals surface area contributed by atoms with Crippen molar-refractivity contribution in [1.29, 1.82) is 0 Å². The molecule has 0 spiro atoms. The lowest BCUT2D eigenvalue weighted by Crippen LogP contribution is -2.21. The predicted octanol–water partition coefficient (Wildman–Crippen LogP) is 5.88. The SMILES string of the molecule is CC(C)(C)CSCC1CCN(Cc2ccc(CC(C)(C)C)cc2)C1. The Balaban J connectivity index is 1.75. The number of likely N-dealkylation sites (tertiary alicyclic amines) is 1. The molecule has 0 saturated carbocycles. The fourth-order valence-electron chi connectivity index (χ4n) is 3.36. The van der Waals surface area contributed by atoms with Crippen molar-refractivity contribution in [3.63, 3.8) is 0 Å². The minimum absolute atomic E-state index is 0.369. The first-order chi connectivity index (χ1) is 11.1. The summed E-state index contributed by atoms with van der Waals surface area (Å²) in [6.07, 6.45) is 2.53. The number of benzene rings is 1. The summed E-state index contributed by atoms with van der Waals surface area (Å²) in [7, 11) is 0. The van der Waals surface area contributed by atoms with Gasteiger partial charge in [0.2, 0.25) is 0 Å². The third kappa shape index (κ3) is 7.61. The summed E-state index contributed by atoms with van der Waals surface area (Å²) in [5.74, 6) is 3.49. The van der Waals surface area contributed by atoms with E-state index in [2.05, 4.69) is 82.5 Å². The summed E-state index contributed by atoms with van der Waals surface area (Å²) in [6, 6.07) is 9.33. The molecule has 1 aromatic rings. The highest BCUT2D eigenvalue weighted by atomic mass is 32.2. The third-order valence-corrected chi connectivity index (χ3v) is 6.20. The van der Waals surface area contributed by atoms with Crippen molar-refractivity contribution in [3.8, 4) is 0 Å². The van der Waals surface area contributed by atoms with Crippen LogP contribution in [-0.2, 0) is 13.0 Å². The monoisotopic (exact) mass is 347 g/mol. The van der Waals surface area contributed by atoms with Gasteiger partial charge in [0.05, 0.1) is 0 Å². The molecule has 1 aromatic carbocycles. The Kier molecular flexibility index (Phi) is 6.84. The summed E-state index contributed by atoms with van der Waals surface area (Å²) < 4.78 is 0. The van der Waals surface area contributed by atoms with E-state index in [-0.39, 0.29) is 0 Å². The van der Waals surface area contributed by atoms with Crippen molar-refractivity contribution in [3.05, 3.63) is 35.4 Å². The number of rotatable bonds is 6. The highest BCUT2D eigenvalue weighted by Gasteiger charge is 2.23. The molecule has 0 bridgehead atoms. The highest BCUT2D eigenvalue weighted by molar-refractivity contribution is 7.99. The van der Waals surface area contributed by atoms with E-state index in [1.165, 1.54) is 42.1 Å². The molecule has 24 heavy (non-hydrogen) atoms. The van der Waals surface area contributed by atoms with Crippen LogP contribution in [0, 0.1) is 16.7 Å². The second kappa shape index (κ2) is 8.27. The van der Waals surface area contributed by atoms with E-state index in [0.717, 1.165) is 18.9 Å². The Bertz CT molecular complexity index is 492. The molecule has 1 atom stereocenters. The summed E-state index contributed by atoms with van der Waals surface area (Å²) in [5.41, 5.74) is 3.76. The maximum Gasteiger partial charge on any atom is 0.0233 e. The molecule has 0 radical (unpaired) electrons. The fraction of sp³-hybridized carbons (Fsp3) is 0.727. The third-order valence-electron chi connectivity index (χ3n) is 4.42. The van der Waals surface area contributed by atoms with Crippen LogP contribution in [0.5, 0.6) is 0 Å². The average molecular weight is 348 g/mol. The zero-order chi connectivity index (χ0) is 17.8. The largest absolute Gasteiger partial charge is 0.299 e. The minimum atomic E-state index is 0.369. The van der Waals surface area contributed by atoms with Gasteiger partial charge in [0.25, 0.3) is 0 Å². The molecule has 1 unspecified atom stereocenters. The second-order valence-corrected chi connectivity index (χ2v) is 11.0. The topological polar surface area (TPSA) is 3.24 Å². The first-order valence-electron chi connectivity index (χ1n) is 9.49. The van der Waals surface area contributed by atoms with E-state index in [4.69, 9.17) is 0 Å². The summed E-state index contributed by atoms with van der Waals surface area (Å²) in [6.45, 7) is 17.6. The van der Waals surface area contributed by atoms with E-state index in [9.17, 15) is 0 Å². The lowest BCUT2D eigenvalue weighted by atomic mass is 9.88. The lowest BCUT2D eigenvalue weighted by molar-refractivity contribution is 0.321. The molecule has 1 fully saturated rings. The van der Waals surface area contributed by atoms with Crippen molar-refractivity contribution in [2.75, 3.05) is 24.6 Å². The van der Waals surface area contributed by atoms with Gasteiger partial charge in [-0.1, -0.05) is 65.8 Å². The van der Waals surface area contributed by atoms with Crippen LogP contribution in [0.3, 0.4) is 0 Å².